The molecule has 2 fully saturated rings. The van der Waals surface area contributed by atoms with E-state index >= 15 is 4.79 Å². The van der Waals surface area contributed by atoms with E-state index in [1.165, 1.54) is 20.3 Å². The molecule has 3 aliphatic rings. The van der Waals surface area contributed by atoms with E-state index in [4.69, 9.17) is 42.6 Å². The molecule has 16 atom stereocenters. The molecular weight excluding hydrogens is 935 g/mol. The van der Waals surface area contributed by atoms with Crippen molar-refractivity contribution in [2.24, 2.45) is 17.8 Å². The van der Waals surface area contributed by atoms with Crippen LogP contribution in [-0.4, -0.2) is 140 Å². The van der Waals surface area contributed by atoms with Crippen LogP contribution in [0.5, 0.6) is 0 Å². The number of cyclic esters (lactones) is 1. The minimum atomic E-state index is -1.80. The summed E-state index contributed by atoms with van der Waals surface area (Å²) in [5.41, 5.74) is -2.48. The number of methoxy groups -OCH3 is 2. The lowest BCUT2D eigenvalue weighted by Gasteiger charge is -2.50. The highest BCUT2D eigenvalue weighted by Crippen LogP contribution is 2.42. The number of benzene rings is 3. The second-order valence-corrected chi connectivity index (χ2v) is 21.1. The number of carbonyl (C=O) groups excluding carboxylic acids is 4. The molecule has 3 aliphatic heterocycles. The first-order valence-corrected chi connectivity index (χ1v) is 25.7. The summed E-state index contributed by atoms with van der Waals surface area (Å²) >= 11 is 0. The molecule has 0 spiro atoms. The molecule has 6 rings (SSSR count). The fourth-order valence-electron chi connectivity index (χ4n) is 11.1. The molecule has 0 bridgehead atoms. The van der Waals surface area contributed by atoms with Crippen LogP contribution < -0.4 is 0 Å². The second kappa shape index (κ2) is 24.7. The first-order chi connectivity index (χ1) is 34.6. The summed E-state index contributed by atoms with van der Waals surface area (Å²) in [4.78, 5) is 59.1. The molecule has 0 saturated carbocycles. The van der Waals surface area contributed by atoms with Crippen LogP contribution in [0.3, 0.4) is 0 Å². The fourth-order valence-corrected chi connectivity index (χ4v) is 11.1. The highest BCUT2D eigenvalue weighted by Gasteiger charge is 2.54. The molecule has 0 amide bonds. The lowest BCUT2D eigenvalue weighted by atomic mass is 9.75. The number of hydrogen-bond donors (Lipinski definition) is 1. The molecule has 3 aromatic carbocycles. The molecule has 0 aliphatic carbocycles. The molecule has 1 N–H and O–H groups in total. The van der Waals surface area contributed by atoms with Crippen LogP contribution in [0.1, 0.15) is 114 Å². The summed E-state index contributed by atoms with van der Waals surface area (Å²) < 4.78 is 59.2. The molecule has 73 heavy (non-hydrogen) atoms. The average molecular weight is 1010 g/mol. The van der Waals surface area contributed by atoms with Gasteiger partial charge in [0.25, 0.3) is 0 Å². The number of ether oxygens (including phenoxy) is 9. The topological polar surface area (TPSA) is 175 Å². The second-order valence-electron chi connectivity index (χ2n) is 21.1. The van der Waals surface area contributed by atoms with E-state index in [-0.39, 0.29) is 43.6 Å². The molecule has 3 heterocycles. The molecule has 0 aromatic heterocycles. The Labute approximate surface area is 432 Å². The third-order valence-corrected chi connectivity index (χ3v) is 15.2. The van der Waals surface area contributed by atoms with Gasteiger partial charge >= 0.3 is 17.9 Å². The van der Waals surface area contributed by atoms with Crippen LogP contribution in [0.15, 0.2) is 103 Å². The summed E-state index contributed by atoms with van der Waals surface area (Å²) in [6.07, 6.45) is -5.95. The Morgan fingerprint density at radius 1 is 0.740 bits per heavy atom. The quantitative estimate of drug-likeness (QED) is 0.120. The van der Waals surface area contributed by atoms with E-state index in [9.17, 15) is 19.5 Å². The third kappa shape index (κ3) is 13.5. The number of nitrogens with zero attached hydrogens (tertiary/aromatic N) is 1. The Morgan fingerprint density at radius 2 is 1.29 bits per heavy atom. The van der Waals surface area contributed by atoms with Crippen LogP contribution in [0.2, 0.25) is 0 Å². The van der Waals surface area contributed by atoms with Crippen molar-refractivity contribution in [1.82, 2.24) is 4.90 Å². The molecule has 3 aromatic rings. The van der Waals surface area contributed by atoms with Gasteiger partial charge in [0.05, 0.1) is 53.1 Å². The van der Waals surface area contributed by atoms with Crippen LogP contribution in [0.4, 0.5) is 0 Å². The number of rotatable bonds is 14. The Bertz CT molecular complexity index is 2330. The predicted octanol–water partition coefficient (Wildman–Crippen LogP) is 8.34. The monoisotopic (exact) mass is 1010 g/mol. The highest BCUT2D eigenvalue weighted by molar-refractivity contribution is 5.96. The van der Waals surface area contributed by atoms with Crippen molar-refractivity contribution in [2.75, 3.05) is 28.3 Å². The first kappa shape index (κ1) is 57.4. The Balaban J connectivity index is 1.47. The zero-order valence-electron chi connectivity index (χ0n) is 45.0. The van der Waals surface area contributed by atoms with Crippen molar-refractivity contribution in [1.29, 1.82) is 0 Å². The number of ketones is 1. The summed E-state index contributed by atoms with van der Waals surface area (Å²) in [7, 11) is 6.88. The van der Waals surface area contributed by atoms with Gasteiger partial charge in [-0.15, -0.1) is 0 Å². The maximum absolute atomic E-state index is 15.1. The Hall–Kier alpha value is -4.84. The summed E-state index contributed by atoms with van der Waals surface area (Å²) in [5, 5.41) is 12.7. The van der Waals surface area contributed by atoms with Gasteiger partial charge in [-0.25, -0.2) is 9.59 Å². The zero-order valence-corrected chi connectivity index (χ0v) is 45.0. The number of hydrogen-bond acceptors (Lipinski definition) is 15. The standard InChI is InChI=1S/C58H79NO14/c1-14-45-58(64,33-41-24-18-15-19-25-41)32-36(3)47(60)35(2)31-56(8,65-12)50(73-55-49(44(59(10)11)30-37(4)67-55)71-53(62)42-26-20-16-21-27-42)38(5)48(39(6)52(61)69-45)70-46-34-57(9,66-13)51(40(7)68-46)72-54(63)43-28-22-17-23-29-43/h15-29,32,35,37-40,44-46,48-51,55,64H,14,30-31,33-34H2,1-13H3/b36-32+/t35-,37-,38+,39-,40+,44+,45-,46+,48+,49-,50-,51+,55+,56+,57-,58-/m1/s1. The van der Waals surface area contributed by atoms with Gasteiger partial charge in [0.1, 0.15) is 17.3 Å². The number of allylic oxidation sites excluding steroid dienone is 1. The van der Waals surface area contributed by atoms with Gasteiger partial charge in [0.15, 0.2) is 30.6 Å². The summed E-state index contributed by atoms with van der Waals surface area (Å²) in [6.45, 7) is 16.2. The Morgan fingerprint density at radius 3 is 1.84 bits per heavy atom. The predicted molar refractivity (Wildman–Crippen MR) is 273 cm³/mol. The van der Waals surface area contributed by atoms with Gasteiger partial charge in [0, 0.05) is 38.9 Å². The van der Waals surface area contributed by atoms with Gasteiger partial charge in [-0.3, -0.25) is 9.59 Å². The smallest absolute Gasteiger partial charge is 0.338 e. The molecule has 15 heteroatoms. The van der Waals surface area contributed by atoms with Crippen LogP contribution >= 0.6 is 0 Å². The summed E-state index contributed by atoms with van der Waals surface area (Å²) in [5.74, 6) is -4.63. The SMILES string of the molecule is CC[C@H]1OC(=O)[C@H](C)[C@@H](O[C@H]2C[C@@](C)(OC)[C@@H](OC(=O)c3ccccc3)[C@H](C)O2)[C@H](C)[C@@H](O[C@@H]2O[C@H](C)C[C@H](N(C)C)[C@H]2OC(=O)c2ccccc2)[C@@](C)(OC)C[C@@H](C)C(=O)/C(C)=C/[C@@]1(O)Cc1ccccc1. The van der Waals surface area contributed by atoms with E-state index in [0.29, 0.717) is 23.1 Å². The fraction of sp³-hybridized carbons (Fsp3) is 0.586. The number of likely N-dealkylation sites (N-methyl/N-ethyl adjacent to an activating group) is 1. The minimum absolute atomic E-state index is 0.0538. The van der Waals surface area contributed by atoms with Crippen molar-refractivity contribution in [3.8, 4) is 0 Å². The van der Waals surface area contributed by atoms with Gasteiger partial charge in [0.2, 0.25) is 0 Å². The molecule has 400 valence electrons. The number of carbonyl (C=O) groups is 4. The van der Waals surface area contributed by atoms with Crippen molar-refractivity contribution >= 4 is 23.7 Å². The van der Waals surface area contributed by atoms with E-state index in [0.717, 1.165) is 5.56 Å². The van der Waals surface area contributed by atoms with Gasteiger partial charge in [-0.05, 0) is 116 Å². The van der Waals surface area contributed by atoms with Gasteiger partial charge in [-0.2, -0.15) is 0 Å². The third-order valence-electron chi connectivity index (χ3n) is 15.2. The Kier molecular flexibility index (Phi) is 19.4. The van der Waals surface area contributed by atoms with Crippen LogP contribution in [0.25, 0.3) is 0 Å². The average Bonchev–Trinajstić information content (AvgIpc) is 3.37. The molecule has 2 saturated heterocycles. The normalized spacial score (nSPS) is 36.5. The lowest BCUT2D eigenvalue weighted by Crippen LogP contribution is -2.61. The van der Waals surface area contributed by atoms with E-state index < -0.39 is 102 Å². The zero-order chi connectivity index (χ0) is 53.4. The van der Waals surface area contributed by atoms with E-state index in [1.807, 2.05) is 103 Å². The minimum Gasteiger partial charge on any atom is -0.459 e. The number of esters is 3. The molecule has 15 nitrogen and oxygen atoms in total. The molecule has 0 unspecified atom stereocenters. The number of aliphatic hydroxyl groups is 1. The highest BCUT2D eigenvalue weighted by atomic mass is 16.7. The van der Waals surface area contributed by atoms with Crippen molar-refractivity contribution < 1.29 is 66.9 Å². The van der Waals surface area contributed by atoms with E-state index in [1.54, 1.807) is 69.3 Å². The first-order valence-electron chi connectivity index (χ1n) is 25.7. The maximum Gasteiger partial charge on any atom is 0.338 e. The lowest BCUT2D eigenvalue weighted by molar-refractivity contribution is -0.318. The molecule has 0 radical (unpaired) electrons. The van der Waals surface area contributed by atoms with Crippen molar-refractivity contribution in [3.63, 3.8) is 0 Å². The van der Waals surface area contributed by atoms with E-state index in [2.05, 4.69) is 0 Å². The van der Waals surface area contributed by atoms with Crippen LogP contribution in [0, 0.1) is 17.8 Å². The summed E-state index contributed by atoms with van der Waals surface area (Å²) in [6, 6.07) is 26.3. The van der Waals surface area contributed by atoms with Crippen molar-refractivity contribution in [2.45, 2.75) is 173 Å². The maximum atomic E-state index is 15.1. The molecular formula is C58H79NO14. The largest absolute Gasteiger partial charge is 0.459 e. The van der Waals surface area contributed by atoms with Gasteiger partial charge < -0.3 is 52.6 Å². The van der Waals surface area contributed by atoms with Gasteiger partial charge in [-0.1, -0.05) is 87.5 Å². The van der Waals surface area contributed by atoms with Crippen LogP contribution in [-0.2, 0) is 58.6 Å². The van der Waals surface area contributed by atoms with Crippen molar-refractivity contribution in [3.05, 3.63) is 119 Å². The number of Topliss-reactive ketones (excluding diaryl/α,β-unsaturated/α-hetero) is 1.